The van der Waals surface area contributed by atoms with Crippen LogP contribution < -0.4 is 10.1 Å². The fraction of sp³-hybridized carbons (Fsp3) is 0.350. The number of pyridine rings is 1. The zero-order chi connectivity index (χ0) is 21.8. The van der Waals surface area contributed by atoms with E-state index in [0.717, 1.165) is 12.1 Å². The molecular weight excluding hydrogens is 389 g/mol. The fourth-order valence-corrected chi connectivity index (χ4v) is 2.30. The van der Waals surface area contributed by atoms with Gasteiger partial charge in [0.2, 0.25) is 11.8 Å². The summed E-state index contributed by atoms with van der Waals surface area (Å²) in [5, 5.41) is 2.55. The zero-order valence-electron chi connectivity index (χ0n) is 16.4. The summed E-state index contributed by atoms with van der Waals surface area (Å²) in [6.45, 7) is 6.02. The number of hydrogen-bond acceptors (Lipinski definition) is 5. The van der Waals surface area contributed by atoms with Crippen LogP contribution in [0, 0.1) is 0 Å². The van der Waals surface area contributed by atoms with Crippen molar-refractivity contribution in [3.05, 3.63) is 53.2 Å². The van der Waals surface area contributed by atoms with Gasteiger partial charge in [-0.05, 0) is 39.0 Å². The summed E-state index contributed by atoms with van der Waals surface area (Å²) in [5.41, 5.74) is -1.37. The van der Waals surface area contributed by atoms with Crippen LogP contribution in [-0.4, -0.2) is 22.5 Å². The number of halogens is 3. The molecule has 6 nitrogen and oxygen atoms in total. The highest BCUT2D eigenvalue weighted by molar-refractivity contribution is 5.91. The van der Waals surface area contributed by atoms with Gasteiger partial charge in [0.05, 0.1) is 23.0 Å². The Kier molecular flexibility index (Phi) is 6.51. The van der Waals surface area contributed by atoms with Crippen LogP contribution in [0.5, 0.6) is 5.88 Å². The van der Waals surface area contributed by atoms with E-state index >= 15 is 0 Å². The van der Waals surface area contributed by atoms with Gasteiger partial charge in [0.1, 0.15) is 12.2 Å². The molecule has 0 aliphatic heterocycles. The van der Waals surface area contributed by atoms with Gasteiger partial charge in [-0.25, -0.2) is 9.78 Å². The standard InChI is InChI=1S/C20H21F3N2O4/c1-12(26)25-15-7-8-17(24-10-15)28-11-13-5-6-14(20(21,22)23)9-16(13)18(27)29-19(2,3)4/h5-10H,11H2,1-4H3,(H,25,26). The smallest absolute Gasteiger partial charge is 0.416 e. The molecule has 1 heterocycles. The van der Waals surface area contributed by atoms with Crippen molar-refractivity contribution in [1.82, 2.24) is 4.98 Å². The van der Waals surface area contributed by atoms with Crippen LogP contribution >= 0.6 is 0 Å². The van der Waals surface area contributed by atoms with Gasteiger partial charge in [0.15, 0.2) is 0 Å². The number of nitrogens with zero attached hydrogens (tertiary/aromatic N) is 1. The number of carbonyl (C=O) groups is 2. The van der Waals surface area contributed by atoms with Crippen molar-refractivity contribution in [1.29, 1.82) is 0 Å². The summed E-state index contributed by atoms with van der Waals surface area (Å²) < 4.78 is 49.9. The number of esters is 1. The molecule has 2 aromatic rings. The topological polar surface area (TPSA) is 77.5 Å². The Hall–Kier alpha value is -3.10. The van der Waals surface area contributed by atoms with Crippen LogP contribution in [0.25, 0.3) is 0 Å². The molecule has 1 aromatic carbocycles. The summed E-state index contributed by atoms with van der Waals surface area (Å²) >= 11 is 0. The average molecular weight is 410 g/mol. The molecule has 1 N–H and O–H groups in total. The molecule has 0 aliphatic rings. The molecule has 0 spiro atoms. The van der Waals surface area contributed by atoms with Crippen molar-refractivity contribution < 1.29 is 32.2 Å². The van der Waals surface area contributed by atoms with Gasteiger partial charge in [-0.2, -0.15) is 13.2 Å². The van der Waals surface area contributed by atoms with E-state index in [2.05, 4.69) is 10.3 Å². The Balaban J connectivity index is 2.24. The second kappa shape index (κ2) is 8.50. The van der Waals surface area contributed by atoms with Crippen LogP contribution in [0.1, 0.15) is 49.2 Å². The van der Waals surface area contributed by atoms with E-state index in [1.165, 1.54) is 25.3 Å². The quantitative estimate of drug-likeness (QED) is 0.730. The molecule has 1 aromatic heterocycles. The molecule has 0 saturated heterocycles. The largest absolute Gasteiger partial charge is 0.473 e. The Morgan fingerprint density at radius 3 is 2.31 bits per heavy atom. The van der Waals surface area contributed by atoms with E-state index in [1.54, 1.807) is 26.8 Å². The Morgan fingerprint density at radius 2 is 1.79 bits per heavy atom. The lowest BCUT2D eigenvalue weighted by Crippen LogP contribution is -2.25. The number of carbonyl (C=O) groups excluding carboxylic acids is 2. The molecule has 0 fully saturated rings. The van der Waals surface area contributed by atoms with Gasteiger partial charge in [-0.3, -0.25) is 4.79 Å². The number of anilines is 1. The molecule has 0 aliphatic carbocycles. The number of hydrogen-bond donors (Lipinski definition) is 1. The van der Waals surface area contributed by atoms with E-state index in [0.29, 0.717) is 5.69 Å². The van der Waals surface area contributed by atoms with E-state index in [4.69, 9.17) is 9.47 Å². The minimum atomic E-state index is -4.60. The monoisotopic (exact) mass is 410 g/mol. The summed E-state index contributed by atoms with van der Waals surface area (Å²) in [6.07, 6.45) is -3.23. The number of alkyl halides is 3. The molecule has 0 bridgehead atoms. The number of benzene rings is 1. The average Bonchev–Trinajstić information content (AvgIpc) is 2.58. The molecule has 0 unspecified atom stereocenters. The van der Waals surface area contributed by atoms with Gasteiger partial charge in [-0.1, -0.05) is 6.07 Å². The molecular formula is C20H21F3N2O4. The first-order valence-corrected chi connectivity index (χ1v) is 8.65. The predicted molar refractivity (Wildman–Crippen MR) is 99.5 cm³/mol. The molecule has 0 atom stereocenters. The second-order valence-electron chi connectivity index (χ2n) is 7.23. The van der Waals surface area contributed by atoms with Crippen molar-refractivity contribution in [2.45, 2.75) is 46.1 Å². The van der Waals surface area contributed by atoms with Crippen molar-refractivity contribution in [2.75, 3.05) is 5.32 Å². The van der Waals surface area contributed by atoms with Gasteiger partial charge in [-0.15, -0.1) is 0 Å². The van der Waals surface area contributed by atoms with E-state index < -0.39 is 23.3 Å². The summed E-state index contributed by atoms with van der Waals surface area (Å²) in [7, 11) is 0. The van der Waals surface area contributed by atoms with Gasteiger partial charge < -0.3 is 14.8 Å². The minimum absolute atomic E-state index is 0.175. The van der Waals surface area contributed by atoms with E-state index in [1.807, 2.05) is 0 Å². The molecule has 0 saturated carbocycles. The van der Waals surface area contributed by atoms with Crippen molar-refractivity contribution in [3.63, 3.8) is 0 Å². The van der Waals surface area contributed by atoms with Crippen LogP contribution in [0.4, 0.5) is 18.9 Å². The Bertz CT molecular complexity index is 888. The number of aromatic nitrogens is 1. The first kappa shape index (κ1) is 22.2. The molecule has 1 amide bonds. The zero-order valence-corrected chi connectivity index (χ0v) is 16.4. The number of ether oxygens (including phenoxy) is 2. The summed E-state index contributed by atoms with van der Waals surface area (Å²) in [5.74, 6) is -0.961. The van der Waals surface area contributed by atoms with Crippen molar-refractivity contribution in [3.8, 4) is 5.88 Å². The fourth-order valence-electron chi connectivity index (χ4n) is 2.30. The lowest BCUT2D eigenvalue weighted by atomic mass is 10.0. The molecule has 9 heteroatoms. The number of nitrogens with one attached hydrogen (secondary N) is 1. The third-order valence-corrected chi connectivity index (χ3v) is 3.49. The lowest BCUT2D eigenvalue weighted by molar-refractivity contribution is -0.137. The normalized spacial score (nSPS) is 11.7. The highest BCUT2D eigenvalue weighted by Gasteiger charge is 2.32. The Morgan fingerprint density at radius 1 is 1.10 bits per heavy atom. The van der Waals surface area contributed by atoms with Crippen LogP contribution in [-0.2, 0) is 22.3 Å². The number of amides is 1. The van der Waals surface area contributed by atoms with Crippen molar-refractivity contribution >= 4 is 17.6 Å². The van der Waals surface area contributed by atoms with Crippen molar-refractivity contribution in [2.24, 2.45) is 0 Å². The highest BCUT2D eigenvalue weighted by atomic mass is 19.4. The van der Waals surface area contributed by atoms with Gasteiger partial charge in [0, 0.05) is 18.6 Å². The first-order valence-electron chi connectivity index (χ1n) is 8.65. The Labute approximate surface area is 166 Å². The van der Waals surface area contributed by atoms with Gasteiger partial charge in [0.25, 0.3) is 0 Å². The molecule has 0 radical (unpaired) electrons. The third kappa shape index (κ3) is 6.78. The molecule has 2 rings (SSSR count). The summed E-state index contributed by atoms with van der Waals surface area (Å²) in [6, 6.07) is 5.85. The maximum atomic E-state index is 13.1. The van der Waals surface area contributed by atoms with E-state index in [-0.39, 0.29) is 29.5 Å². The van der Waals surface area contributed by atoms with Crippen LogP contribution in [0.15, 0.2) is 36.5 Å². The molecule has 156 valence electrons. The van der Waals surface area contributed by atoms with E-state index in [9.17, 15) is 22.8 Å². The lowest BCUT2D eigenvalue weighted by Gasteiger charge is -2.21. The predicted octanol–water partition coefficient (Wildman–Crippen LogP) is 4.59. The molecule has 29 heavy (non-hydrogen) atoms. The third-order valence-electron chi connectivity index (χ3n) is 3.49. The second-order valence-corrected chi connectivity index (χ2v) is 7.23. The summed E-state index contributed by atoms with van der Waals surface area (Å²) in [4.78, 5) is 27.4. The highest BCUT2D eigenvalue weighted by Crippen LogP contribution is 2.31. The van der Waals surface area contributed by atoms with Gasteiger partial charge >= 0.3 is 12.1 Å². The maximum Gasteiger partial charge on any atom is 0.416 e. The number of rotatable bonds is 5. The van der Waals surface area contributed by atoms with Crippen LogP contribution in [0.2, 0.25) is 0 Å². The SMILES string of the molecule is CC(=O)Nc1ccc(OCc2ccc(C(F)(F)F)cc2C(=O)OC(C)(C)C)nc1. The minimum Gasteiger partial charge on any atom is -0.473 e. The first-order chi connectivity index (χ1) is 13.3. The maximum absolute atomic E-state index is 13.1. The van der Waals surface area contributed by atoms with Crippen LogP contribution in [0.3, 0.4) is 0 Å².